The fourth-order valence-corrected chi connectivity index (χ4v) is 5.32. The quantitative estimate of drug-likeness (QED) is 0.845. The minimum Gasteiger partial charge on any atom is -0.340 e. The van der Waals surface area contributed by atoms with E-state index < -0.39 is 5.54 Å². The highest BCUT2D eigenvalue weighted by molar-refractivity contribution is 5.87. The molecule has 2 N–H and O–H groups in total. The van der Waals surface area contributed by atoms with E-state index in [1.54, 1.807) is 25.1 Å². The third-order valence-corrected chi connectivity index (χ3v) is 6.69. The average molecular weight is 388 g/mol. The molecule has 6 nitrogen and oxygen atoms in total. The SMILES string of the molecule is CN(C)C(=O)N1C[C@H]2CN(C(=O)C3(N)CCCC3)C[C@H]2[C@H]1c1cccc(F)c1. The number of urea groups is 1. The minimum atomic E-state index is -0.730. The number of fused-ring (bicyclic) bond motifs is 1. The van der Waals surface area contributed by atoms with Gasteiger partial charge in [0, 0.05) is 45.6 Å². The number of hydrogen-bond donors (Lipinski definition) is 1. The Balaban J connectivity index is 1.60. The Morgan fingerprint density at radius 3 is 2.54 bits per heavy atom. The van der Waals surface area contributed by atoms with Crippen molar-refractivity contribution in [1.82, 2.24) is 14.7 Å². The van der Waals surface area contributed by atoms with Crippen LogP contribution >= 0.6 is 0 Å². The molecule has 2 heterocycles. The van der Waals surface area contributed by atoms with Gasteiger partial charge in [0.05, 0.1) is 11.6 Å². The van der Waals surface area contributed by atoms with Crippen molar-refractivity contribution >= 4 is 11.9 Å². The zero-order valence-corrected chi connectivity index (χ0v) is 16.6. The van der Waals surface area contributed by atoms with E-state index in [0.717, 1.165) is 31.2 Å². The van der Waals surface area contributed by atoms with Crippen LogP contribution in [0.1, 0.15) is 37.3 Å². The van der Waals surface area contributed by atoms with E-state index >= 15 is 0 Å². The van der Waals surface area contributed by atoms with Crippen LogP contribution in [0.2, 0.25) is 0 Å². The van der Waals surface area contributed by atoms with E-state index in [2.05, 4.69) is 0 Å². The molecule has 1 saturated carbocycles. The molecule has 4 rings (SSSR count). The van der Waals surface area contributed by atoms with Gasteiger partial charge in [-0.2, -0.15) is 0 Å². The largest absolute Gasteiger partial charge is 0.340 e. The molecule has 3 atom stereocenters. The van der Waals surface area contributed by atoms with E-state index in [9.17, 15) is 14.0 Å². The highest BCUT2D eigenvalue weighted by Gasteiger charge is 2.52. The van der Waals surface area contributed by atoms with Gasteiger partial charge in [0.15, 0.2) is 0 Å². The summed E-state index contributed by atoms with van der Waals surface area (Å²) in [7, 11) is 3.46. The second kappa shape index (κ2) is 7.03. The monoisotopic (exact) mass is 388 g/mol. The highest BCUT2D eigenvalue weighted by atomic mass is 19.1. The molecule has 3 fully saturated rings. The van der Waals surface area contributed by atoms with Crippen molar-refractivity contribution in [1.29, 1.82) is 0 Å². The van der Waals surface area contributed by atoms with Crippen LogP contribution in [0.4, 0.5) is 9.18 Å². The van der Waals surface area contributed by atoms with Gasteiger partial charge >= 0.3 is 6.03 Å². The molecule has 1 aromatic carbocycles. The van der Waals surface area contributed by atoms with Crippen LogP contribution < -0.4 is 5.73 Å². The lowest BCUT2D eigenvalue weighted by molar-refractivity contribution is -0.136. The normalized spacial score (nSPS) is 28.5. The van der Waals surface area contributed by atoms with Gasteiger partial charge in [-0.15, -0.1) is 0 Å². The summed E-state index contributed by atoms with van der Waals surface area (Å²) in [6.07, 6.45) is 3.49. The van der Waals surface area contributed by atoms with Crippen LogP contribution in [0.15, 0.2) is 24.3 Å². The maximum Gasteiger partial charge on any atom is 0.320 e. The van der Waals surface area contributed by atoms with Crippen LogP contribution in [-0.2, 0) is 4.79 Å². The zero-order valence-electron chi connectivity index (χ0n) is 16.6. The minimum absolute atomic E-state index is 0.0443. The second-order valence-corrected chi connectivity index (χ2v) is 8.83. The molecule has 0 aromatic heterocycles. The lowest BCUT2D eigenvalue weighted by Crippen LogP contribution is -2.53. The van der Waals surface area contributed by atoms with E-state index in [0.29, 0.717) is 19.6 Å². The maximum atomic E-state index is 13.9. The number of amides is 3. The van der Waals surface area contributed by atoms with Crippen molar-refractivity contribution in [2.24, 2.45) is 17.6 Å². The van der Waals surface area contributed by atoms with Crippen LogP contribution in [-0.4, -0.2) is 65.9 Å². The van der Waals surface area contributed by atoms with Crippen molar-refractivity contribution < 1.29 is 14.0 Å². The summed E-state index contributed by atoms with van der Waals surface area (Å²) >= 11 is 0. The van der Waals surface area contributed by atoms with Crippen LogP contribution in [0.5, 0.6) is 0 Å². The van der Waals surface area contributed by atoms with Crippen LogP contribution in [0, 0.1) is 17.7 Å². The molecule has 0 spiro atoms. The Labute approximate surface area is 165 Å². The first kappa shape index (κ1) is 19.2. The van der Waals surface area contributed by atoms with Crippen molar-refractivity contribution in [2.75, 3.05) is 33.7 Å². The van der Waals surface area contributed by atoms with Gasteiger partial charge in [0.25, 0.3) is 0 Å². The van der Waals surface area contributed by atoms with Gasteiger partial charge in [-0.1, -0.05) is 25.0 Å². The maximum absolute atomic E-state index is 13.9. The Morgan fingerprint density at radius 1 is 1.18 bits per heavy atom. The number of carbonyl (C=O) groups is 2. The standard InChI is InChI=1S/C21H29FN4O2/c1-24(2)20(28)26-12-15-11-25(19(27)21(23)8-3-4-9-21)13-17(15)18(26)14-6-5-7-16(22)10-14/h5-7,10,15,17-18H,3-4,8-9,11-13,23H2,1-2H3/t15-,17-,18-/m1/s1. The molecule has 1 aliphatic carbocycles. The number of carbonyl (C=O) groups excluding carboxylic acids is 2. The summed E-state index contributed by atoms with van der Waals surface area (Å²) in [4.78, 5) is 31.1. The third-order valence-electron chi connectivity index (χ3n) is 6.69. The first-order valence-corrected chi connectivity index (χ1v) is 10.1. The summed E-state index contributed by atoms with van der Waals surface area (Å²) in [5.74, 6) is 0.0182. The first-order chi connectivity index (χ1) is 13.3. The first-order valence-electron chi connectivity index (χ1n) is 10.1. The summed E-state index contributed by atoms with van der Waals surface area (Å²) < 4.78 is 13.9. The fourth-order valence-electron chi connectivity index (χ4n) is 5.32. The lowest BCUT2D eigenvalue weighted by atomic mass is 9.89. The number of benzene rings is 1. The molecule has 0 radical (unpaired) electrons. The lowest BCUT2D eigenvalue weighted by Gasteiger charge is -2.33. The van der Waals surface area contributed by atoms with Gasteiger partial charge in [0.1, 0.15) is 5.82 Å². The van der Waals surface area contributed by atoms with E-state index in [-0.39, 0.29) is 35.6 Å². The van der Waals surface area contributed by atoms with Crippen molar-refractivity contribution in [3.05, 3.63) is 35.6 Å². The summed E-state index contributed by atoms with van der Waals surface area (Å²) in [6, 6.07) is 6.17. The summed E-state index contributed by atoms with van der Waals surface area (Å²) in [5.41, 5.74) is 6.46. The molecule has 3 aliphatic rings. The Bertz CT molecular complexity index is 777. The van der Waals surface area contributed by atoms with E-state index in [4.69, 9.17) is 5.73 Å². The number of nitrogens with two attached hydrogens (primary N) is 1. The topological polar surface area (TPSA) is 69.9 Å². The Hall–Kier alpha value is -2.15. The molecule has 0 bridgehead atoms. The van der Waals surface area contributed by atoms with Gasteiger partial charge < -0.3 is 20.4 Å². The number of rotatable bonds is 2. The number of likely N-dealkylation sites (tertiary alicyclic amines) is 2. The highest BCUT2D eigenvalue weighted by Crippen LogP contribution is 2.46. The smallest absolute Gasteiger partial charge is 0.320 e. The molecule has 2 aliphatic heterocycles. The fraction of sp³-hybridized carbons (Fsp3) is 0.619. The molecule has 7 heteroatoms. The molecule has 152 valence electrons. The zero-order chi connectivity index (χ0) is 20.1. The number of hydrogen-bond acceptors (Lipinski definition) is 3. The second-order valence-electron chi connectivity index (χ2n) is 8.83. The van der Waals surface area contributed by atoms with Crippen molar-refractivity contribution in [3.8, 4) is 0 Å². The van der Waals surface area contributed by atoms with E-state index in [1.165, 1.54) is 12.1 Å². The van der Waals surface area contributed by atoms with Crippen molar-refractivity contribution in [3.63, 3.8) is 0 Å². The van der Waals surface area contributed by atoms with Gasteiger partial charge in [-0.05, 0) is 30.5 Å². The molecule has 2 saturated heterocycles. The molecule has 0 unspecified atom stereocenters. The van der Waals surface area contributed by atoms with Gasteiger partial charge in [0.2, 0.25) is 5.91 Å². The molecule has 28 heavy (non-hydrogen) atoms. The third kappa shape index (κ3) is 3.15. The van der Waals surface area contributed by atoms with Gasteiger partial charge in [-0.25, -0.2) is 9.18 Å². The number of nitrogens with zero attached hydrogens (tertiary/aromatic N) is 3. The molecule has 1 aromatic rings. The Morgan fingerprint density at radius 2 is 1.89 bits per heavy atom. The average Bonchev–Trinajstić information content (AvgIpc) is 3.34. The Kier molecular flexibility index (Phi) is 4.81. The molecular formula is C21H29FN4O2. The van der Waals surface area contributed by atoms with Crippen LogP contribution in [0.25, 0.3) is 0 Å². The number of halogens is 1. The predicted molar refractivity (Wildman–Crippen MR) is 104 cm³/mol. The molecular weight excluding hydrogens is 359 g/mol. The summed E-state index contributed by atoms with van der Waals surface area (Å²) in [6.45, 7) is 1.76. The predicted octanol–water partition coefficient (Wildman–Crippen LogP) is 2.21. The van der Waals surface area contributed by atoms with Gasteiger partial charge in [-0.3, -0.25) is 4.79 Å². The molecule has 3 amide bonds. The van der Waals surface area contributed by atoms with Crippen molar-refractivity contribution in [2.45, 2.75) is 37.3 Å². The van der Waals surface area contributed by atoms with E-state index in [1.807, 2.05) is 15.9 Å². The summed E-state index contributed by atoms with van der Waals surface area (Å²) in [5, 5.41) is 0. The van der Waals surface area contributed by atoms with Crippen LogP contribution in [0.3, 0.4) is 0 Å².